The lowest BCUT2D eigenvalue weighted by molar-refractivity contribution is 0.120. The average Bonchev–Trinajstić information content (AvgIpc) is 3.26. The van der Waals surface area contributed by atoms with Crippen LogP contribution in [0.1, 0.15) is 12.8 Å². The number of rotatable bonds is 5. The third-order valence-electron chi connectivity index (χ3n) is 3.36. The van der Waals surface area contributed by atoms with Gasteiger partial charge in [-0.05, 0) is 25.0 Å². The lowest BCUT2D eigenvalue weighted by atomic mass is 10.2. The molecule has 1 aromatic carbocycles. The maximum Gasteiger partial charge on any atom is 0.264 e. The van der Waals surface area contributed by atoms with E-state index in [-0.39, 0.29) is 6.10 Å². The zero-order valence-corrected chi connectivity index (χ0v) is 13.3. The van der Waals surface area contributed by atoms with Gasteiger partial charge in [-0.15, -0.1) is 10.2 Å². The van der Waals surface area contributed by atoms with Gasteiger partial charge < -0.3 is 14.5 Å². The summed E-state index contributed by atoms with van der Waals surface area (Å²) in [5.74, 6) is 0. The largest absolute Gasteiger partial charge is 0.431 e. The number of para-hydroxylation sites is 2. The van der Waals surface area contributed by atoms with E-state index in [1.54, 1.807) is 0 Å². The number of anilines is 1. The number of nitrogens with one attached hydrogen (secondary N) is 1. The zero-order chi connectivity index (χ0) is 14.8. The Morgan fingerprint density at radius 1 is 1.32 bits per heavy atom. The van der Waals surface area contributed by atoms with Crippen molar-refractivity contribution in [3.05, 3.63) is 24.3 Å². The van der Waals surface area contributed by atoms with Crippen LogP contribution in [0.2, 0.25) is 0 Å². The lowest BCUT2D eigenvalue weighted by Gasteiger charge is -2.08. The molecule has 1 fully saturated rings. The SMILES string of the molecule is c1ccc2oc(Sc3nnc(NCC4CCCO4)s3)nc2c1. The second-order valence-corrected chi connectivity index (χ2v) is 7.11. The molecular formula is C14H14N4O2S2. The normalized spacial score (nSPS) is 18.1. The monoisotopic (exact) mass is 334 g/mol. The van der Waals surface area contributed by atoms with Crippen molar-refractivity contribution >= 4 is 39.3 Å². The zero-order valence-electron chi connectivity index (χ0n) is 11.7. The third kappa shape index (κ3) is 3.08. The maximum absolute atomic E-state index is 5.67. The summed E-state index contributed by atoms with van der Waals surface area (Å²) in [5.41, 5.74) is 1.64. The number of oxazole rings is 1. The molecule has 114 valence electrons. The van der Waals surface area contributed by atoms with Crippen molar-refractivity contribution in [2.75, 3.05) is 18.5 Å². The van der Waals surface area contributed by atoms with E-state index in [4.69, 9.17) is 9.15 Å². The summed E-state index contributed by atoms with van der Waals surface area (Å²) < 4.78 is 12.1. The molecule has 1 aliphatic rings. The minimum atomic E-state index is 0.289. The van der Waals surface area contributed by atoms with E-state index in [0.717, 1.165) is 46.6 Å². The fourth-order valence-electron chi connectivity index (χ4n) is 2.30. The highest BCUT2D eigenvalue weighted by atomic mass is 32.2. The predicted molar refractivity (Wildman–Crippen MR) is 85.5 cm³/mol. The number of benzene rings is 1. The van der Waals surface area contributed by atoms with Crippen LogP contribution >= 0.6 is 23.1 Å². The number of aromatic nitrogens is 3. The van der Waals surface area contributed by atoms with Gasteiger partial charge in [0.05, 0.1) is 6.10 Å². The summed E-state index contributed by atoms with van der Waals surface area (Å²) in [5, 5.41) is 13.0. The van der Waals surface area contributed by atoms with Crippen molar-refractivity contribution in [1.82, 2.24) is 15.2 Å². The molecular weight excluding hydrogens is 320 g/mol. The highest BCUT2D eigenvalue weighted by Crippen LogP contribution is 2.33. The minimum Gasteiger partial charge on any atom is -0.431 e. The summed E-state index contributed by atoms with van der Waals surface area (Å²) in [6, 6.07) is 7.70. The summed E-state index contributed by atoms with van der Waals surface area (Å²) in [7, 11) is 0. The molecule has 3 heterocycles. The molecule has 22 heavy (non-hydrogen) atoms. The summed E-state index contributed by atoms with van der Waals surface area (Å²) in [6.07, 6.45) is 2.54. The van der Waals surface area contributed by atoms with Crippen LogP contribution in [0.25, 0.3) is 11.1 Å². The van der Waals surface area contributed by atoms with E-state index in [9.17, 15) is 0 Å². The predicted octanol–water partition coefficient (Wildman–Crippen LogP) is 3.42. The molecule has 0 aliphatic carbocycles. The number of ether oxygens (including phenoxy) is 1. The van der Waals surface area contributed by atoms with Crippen LogP contribution in [0.3, 0.4) is 0 Å². The molecule has 2 aromatic heterocycles. The summed E-state index contributed by atoms with van der Waals surface area (Å²) in [4.78, 5) is 4.42. The molecule has 0 amide bonds. The van der Waals surface area contributed by atoms with Crippen molar-refractivity contribution in [3.8, 4) is 0 Å². The van der Waals surface area contributed by atoms with E-state index in [0.29, 0.717) is 5.22 Å². The van der Waals surface area contributed by atoms with Gasteiger partial charge in [0.25, 0.3) is 5.22 Å². The van der Waals surface area contributed by atoms with Gasteiger partial charge >= 0.3 is 0 Å². The van der Waals surface area contributed by atoms with Crippen molar-refractivity contribution < 1.29 is 9.15 Å². The van der Waals surface area contributed by atoms with Crippen LogP contribution in [0.15, 0.2) is 38.2 Å². The molecule has 6 nitrogen and oxygen atoms in total. The smallest absolute Gasteiger partial charge is 0.264 e. The Morgan fingerprint density at radius 2 is 2.27 bits per heavy atom. The molecule has 1 saturated heterocycles. The van der Waals surface area contributed by atoms with Gasteiger partial charge in [0, 0.05) is 24.9 Å². The maximum atomic E-state index is 5.67. The first kappa shape index (κ1) is 14.0. The Bertz CT molecular complexity index is 734. The molecule has 1 aliphatic heterocycles. The molecule has 0 radical (unpaired) electrons. The van der Waals surface area contributed by atoms with Crippen molar-refractivity contribution in [3.63, 3.8) is 0 Å². The van der Waals surface area contributed by atoms with E-state index >= 15 is 0 Å². The van der Waals surface area contributed by atoms with Gasteiger partial charge in [-0.2, -0.15) is 0 Å². The van der Waals surface area contributed by atoms with Gasteiger partial charge in [-0.25, -0.2) is 4.98 Å². The summed E-state index contributed by atoms with van der Waals surface area (Å²) in [6.45, 7) is 1.64. The quantitative estimate of drug-likeness (QED) is 0.766. The van der Waals surface area contributed by atoms with Gasteiger partial charge in [0.2, 0.25) is 5.13 Å². The van der Waals surface area contributed by atoms with E-state index in [1.165, 1.54) is 23.1 Å². The molecule has 1 atom stereocenters. The van der Waals surface area contributed by atoms with Crippen molar-refractivity contribution in [2.45, 2.75) is 28.5 Å². The van der Waals surface area contributed by atoms with Gasteiger partial charge in [0.15, 0.2) is 9.92 Å². The standard InChI is InChI=1S/C14H14N4O2S2/c1-2-6-11-10(5-1)16-13(20-11)22-14-18-17-12(21-14)15-8-9-4-3-7-19-9/h1-2,5-6,9H,3-4,7-8H2,(H,15,17). The molecule has 0 spiro atoms. The number of hydrogen-bond donors (Lipinski definition) is 1. The summed E-state index contributed by atoms with van der Waals surface area (Å²) >= 11 is 2.88. The molecule has 0 saturated carbocycles. The third-order valence-corrected chi connectivity index (χ3v) is 5.14. The average molecular weight is 334 g/mol. The first-order valence-electron chi connectivity index (χ1n) is 7.09. The molecule has 4 rings (SSSR count). The Labute approximate surface area is 135 Å². The number of nitrogens with zero attached hydrogens (tertiary/aromatic N) is 3. The molecule has 3 aromatic rings. The second-order valence-electron chi connectivity index (χ2n) is 4.94. The van der Waals surface area contributed by atoms with Crippen LogP contribution in [-0.4, -0.2) is 34.4 Å². The van der Waals surface area contributed by atoms with Gasteiger partial charge in [0.1, 0.15) is 5.52 Å². The first-order chi connectivity index (χ1) is 10.9. The van der Waals surface area contributed by atoms with Crippen LogP contribution in [0.5, 0.6) is 0 Å². The lowest BCUT2D eigenvalue weighted by Crippen LogP contribution is -2.18. The highest BCUT2D eigenvalue weighted by molar-refractivity contribution is 8.00. The highest BCUT2D eigenvalue weighted by Gasteiger charge is 2.16. The topological polar surface area (TPSA) is 73.1 Å². The minimum absolute atomic E-state index is 0.289. The fourth-order valence-corrected chi connectivity index (χ4v) is 3.91. The Hall–Kier alpha value is -1.64. The van der Waals surface area contributed by atoms with Gasteiger partial charge in [-0.3, -0.25) is 0 Å². The second kappa shape index (κ2) is 6.23. The van der Waals surface area contributed by atoms with Crippen LogP contribution in [-0.2, 0) is 4.74 Å². The van der Waals surface area contributed by atoms with E-state index < -0.39 is 0 Å². The van der Waals surface area contributed by atoms with E-state index in [2.05, 4.69) is 20.5 Å². The van der Waals surface area contributed by atoms with Gasteiger partial charge in [-0.1, -0.05) is 23.5 Å². The van der Waals surface area contributed by atoms with Crippen molar-refractivity contribution in [2.24, 2.45) is 0 Å². The number of fused-ring (bicyclic) bond motifs is 1. The Morgan fingerprint density at radius 3 is 3.14 bits per heavy atom. The fraction of sp³-hybridized carbons (Fsp3) is 0.357. The van der Waals surface area contributed by atoms with Crippen LogP contribution in [0, 0.1) is 0 Å². The molecule has 1 N–H and O–H groups in total. The molecule has 1 unspecified atom stereocenters. The molecule has 8 heteroatoms. The first-order valence-corrected chi connectivity index (χ1v) is 8.72. The van der Waals surface area contributed by atoms with Crippen LogP contribution in [0.4, 0.5) is 5.13 Å². The Balaban J connectivity index is 1.40. The molecule has 0 bridgehead atoms. The Kier molecular flexibility index (Phi) is 3.96. The van der Waals surface area contributed by atoms with E-state index in [1.807, 2.05) is 24.3 Å². The van der Waals surface area contributed by atoms with Crippen molar-refractivity contribution in [1.29, 1.82) is 0 Å². The van der Waals surface area contributed by atoms with Crippen LogP contribution < -0.4 is 5.32 Å². The number of hydrogen-bond acceptors (Lipinski definition) is 8.